The molecule has 158 valence electrons. The Kier molecular flexibility index (Phi) is 5.48. The molecular weight excluding hydrogens is 406 g/mol. The van der Waals surface area contributed by atoms with Gasteiger partial charge in [0.25, 0.3) is 0 Å². The summed E-state index contributed by atoms with van der Waals surface area (Å²) in [6.45, 7) is 2.49. The van der Waals surface area contributed by atoms with Gasteiger partial charge >= 0.3 is 5.76 Å². The molecule has 4 rings (SSSR count). The molecule has 1 aliphatic rings. The van der Waals surface area contributed by atoms with Crippen molar-refractivity contribution in [2.24, 2.45) is 5.92 Å². The lowest BCUT2D eigenvalue weighted by molar-refractivity contribution is -0.120. The fourth-order valence-electron chi connectivity index (χ4n) is 3.72. The van der Waals surface area contributed by atoms with Gasteiger partial charge in [-0.2, -0.15) is 4.31 Å². The lowest BCUT2D eigenvalue weighted by Crippen LogP contribution is -2.43. The highest BCUT2D eigenvalue weighted by Crippen LogP contribution is 2.26. The zero-order chi connectivity index (χ0) is 21.3. The quantitative estimate of drug-likeness (QED) is 0.648. The molecule has 1 fully saturated rings. The number of oxazole rings is 1. The van der Waals surface area contributed by atoms with E-state index < -0.39 is 21.7 Å². The normalized spacial score (nSPS) is 17.8. The molecule has 1 saturated heterocycles. The average molecular weight is 429 g/mol. The minimum Gasteiger partial charge on any atom is -0.408 e. The second kappa shape index (κ2) is 8.08. The SMILES string of the molecule is CCc1cccc(NC(=O)[C@H]2CCCN(S(=O)(=O)c3ccc4[nH]c(=O)oc4c3)C2)c1. The van der Waals surface area contributed by atoms with Gasteiger partial charge in [0, 0.05) is 24.8 Å². The van der Waals surface area contributed by atoms with Crippen molar-refractivity contribution < 1.29 is 17.6 Å². The van der Waals surface area contributed by atoms with E-state index in [0.29, 0.717) is 30.6 Å². The van der Waals surface area contributed by atoms with Gasteiger partial charge in [0.2, 0.25) is 15.9 Å². The van der Waals surface area contributed by atoms with Crippen LogP contribution in [0.3, 0.4) is 0 Å². The summed E-state index contributed by atoms with van der Waals surface area (Å²) < 4.78 is 32.5. The molecule has 0 unspecified atom stereocenters. The fraction of sp³-hybridized carbons (Fsp3) is 0.333. The number of aromatic amines is 1. The topological polar surface area (TPSA) is 112 Å². The number of hydrogen-bond donors (Lipinski definition) is 2. The van der Waals surface area contributed by atoms with Crippen molar-refractivity contribution in [3.05, 3.63) is 58.6 Å². The monoisotopic (exact) mass is 429 g/mol. The molecule has 9 heteroatoms. The number of piperidine rings is 1. The largest absolute Gasteiger partial charge is 0.417 e. The number of nitrogens with zero attached hydrogens (tertiary/aromatic N) is 1. The minimum absolute atomic E-state index is 0.0365. The van der Waals surface area contributed by atoms with Crippen LogP contribution >= 0.6 is 0 Å². The van der Waals surface area contributed by atoms with Crippen LogP contribution in [0.2, 0.25) is 0 Å². The molecule has 2 heterocycles. The molecule has 0 spiro atoms. The molecule has 0 radical (unpaired) electrons. The van der Waals surface area contributed by atoms with Gasteiger partial charge < -0.3 is 9.73 Å². The van der Waals surface area contributed by atoms with E-state index in [4.69, 9.17) is 4.42 Å². The highest BCUT2D eigenvalue weighted by Gasteiger charge is 2.33. The summed E-state index contributed by atoms with van der Waals surface area (Å²) in [6.07, 6.45) is 2.08. The zero-order valence-electron chi connectivity index (χ0n) is 16.6. The van der Waals surface area contributed by atoms with Crippen molar-refractivity contribution in [1.82, 2.24) is 9.29 Å². The minimum atomic E-state index is -3.82. The molecule has 1 aliphatic heterocycles. The van der Waals surface area contributed by atoms with Gasteiger partial charge in [0.1, 0.15) is 0 Å². The number of nitrogens with one attached hydrogen (secondary N) is 2. The van der Waals surface area contributed by atoms with Crippen LogP contribution in [0, 0.1) is 5.92 Å². The predicted octanol–water partition coefficient (Wildman–Crippen LogP) is 2.72. The number of anilines is 1. The van der Waals surface area contributed by atoms with Gasteiger partial charge in [-0.05, 0) is 49.1 Å². The Balaban J connectivity index is 1.51. The number of rotatable bonds is 5. The molecule has 0 aliphatic carbocycles. The third-order valence-corrected chi connectivity index (χ3v) is 7.25. The molecular formula is C21H23N3O5S. The van der Waals surface area contributed by atoms with Crippen LogP contribution in [0.1, 0.15) is 25.3 Å². The molecule has 3 aromatic rings. The lowest BCUT2D eigenvalue weighted by Gasteiger charge is -2.31. The van der Waals surface area contributed by atoms with Gasteiger partial charge in [-0.25, -0.2) is 13.2 Å². The number of benzene rings is 2. The van der Waals surface area contributed by atoms with E-state index in [1.807, 2.05) is 31.2 Å². The van der Waals surface area contributed by atoms with E-state index >= 15 is 0 Å². The third-order valence-electron chi connectivity index (χ3n) is 5.39. The van der Waals surface area contributed by atoms with E-state index in [2.05, 4.69) is 10.3 Å². The number of H-pyrrole nitrogens is 1. The highest BCUT2D eigenvalue weighted by molar-refractivity contribution is 7.89. The maximum Gasteiger partial charge on any atom is 0.417 e. The maximum atomic E-state index is 13.1. The smallest absolute Gasteiger partial charge is 0.408 e. The zero-order valence-corrected chi connectivity index (χ0v) is 17.4. The number of aromatic nitrogens is 1. The van der Waals surface area contributed by atoms with Crippen LogP contribution < -0.4 is 11.1 Å². The first kappa shape index (κ1) is 20.4. The molecule has 8 nitrogen and oxygen atoms in total. The first-order valence-corrected chi connectivity index (χ1v) is 11.3. The van der Waals surface area contributed by atoms with E-state index in [1.165, 1.54) is 22.5 Å². The summed E-state index contributed by atoms with van der Waals surface area (Å²) in [7, 11) is -3.82. The van der Waals surface area contributed by atoms with Crippen molar-refractivity contribution in [2.75, 3.05) is 18.4 Å². The second-order valence-electron chi connectivity index (χ2n) is 7.42. The van der Waals surface area contributed by atoms with Crippen molar-refractivity contribution in [2.45, 2.75) is 31.1 Å². The summed E-state index contributed by atoms with van der Waals surface area (Å²) in [5.41, 5.74) is 2.45. The van der Waals surface area contributed by atoms with Crippen LogP contribution in [0.4, 0.5) is 5.69 Å². The molecule has 2 aromatic carbocycles. The summed E-state index contributed by atoms with van der Waals surface area (Å²) >= 11 is 0. The first-order valence-electron chi connectivity index (χ1n) is 9.89. The highest BCUT2D eigenvalue weighted by atomic mass is 32.2. The standard InChI is InChI=1S/C21H23N3O5S/c1-2-14-5-3-7-16(11-14)22-20(25)15-6-4-10-24(13-15)30(27,28)17-8-9-18-19(12-17)29-21(26)23-18/h3,5,7-9,11-12,15H,2,4,6,10,13H2,1H3,(H,22,25)(H,23,26)/t15-/m0/s1. The van der Waals surface area contributed by atoms with Crippen molar-refractivity contribution in [3.63, 3.8) is 0 Å². The van der Waals surface area contributed by atoms with E-state index in [-0.39, 0.29) is 22.9 Å². The Morgan fingerprint density at radius 3 is 2.90 bits per heavy atom. The molecule has 1 aromatic heterocycles. The summed E-state index contributed by atoms with van der Waals surface area (Å²) in [4.78, 5) is 26.6. The number of fused-ring (bicyclic) bond motifs is 1. The summed E-state index contributed by atoms with van der Waals surface area (Å²) in [5.74, 6) is -1.26. The molecule has 2 N–H and O–H groups in total. The number of carbonyl (C=O) groups excluding carboxylic acids is 1. The Labute approximate surface area is 173 Å². The number of amides is 1. The maximum absolute atomic E-state index is 13.1. The number of aryl methyl sites for hydroxylation is 1. The van der Waals surface area contributed by atoms with Crippen LogP contribution in [-0.4, -0.2) is 36.7 Å². The molecule has 30 heavy (non-hydrogen) atoms. The predicted molar refractivity (Wildman–Crippen MR) is 113 cm³/mol. The Hall–Kier alpha value is -2.91. The average Bonchev–Trinajstić information content (AvgIpc) is 3.13. The van der Waals surface area contributed by atoms with Gasteiger partial charge in [-0.15, -0.1) is 0 Å². The second-order valence-corrected chi connectivity index (χ2v) is 9.36. The van der Waals surface area contributed by atoms with Crippen molar-refractivity contribution in [1.29, 1.82) is 0 Å². The third kappa shape index (κ3) is 4.03. The van der Waals surface area contributed by atoms with Gasteiger partial charge in [-0.1, -0.05) is 19.1 Å². The fourth-order valence-corrected chi connectivity index (χ4v) is 5.26. The van der Waals surface area contributed by atoms with Crippen LogP contribution in [0.25, 0.3) is 11.1 Å². The Morgan fingerprint density at radius 2 is 2.10 bits per heavy atom. The van der Waals surface area contributed by atoms with Crippen molar-refractivity contribution in [3.8, 4) is 0 Å². The molecule has 0 saturated carbocycles. The number of carbonyl (C=O) groups is 1. The summed E-state index contributed by atoms with van der Waals surface area (Å²) in [6, 6.07) is 11.9. The van der Waals surface area contributed by atoms with Crippen LogP contribution in [-0.2, 0) is 21.2 Å². The van der Waals surface area contributed by atoms with Gasteiger partial charge in [0.15, 0.2) is 5.58 Å². The number of hydrogen-bond acceptors (Lipinski definition) is 5. The molecule has 0 bridgehead atoms. The van der Waals surface area contributed by atoms with Crippen LogP contribution in [0.15, 0.2) is 56.6 Å². The van der Waals surface area contributed by atoms with Gasteiger partial charge in [0.05, 0.1) is 16.3 Å². The van der Waals surface area contributed by atoms with E-state index in [0.717, 1.165) is 12.0 Å². The molecule has 1 atom stereocenters. The first-order chi connectivity index (χ1) is 14.4. The molecule has 1 amide bonds. The lowest BCUT2D eigenvalue weighted by atomic mass is 9.98. The van der Waals surface area contributed by atoms with Gasteiger partial charge in [-0.3, -0.25) is 9.78 Å². The van der Waals surface area contributed by atoms with Crippen LogP contribution in [0.5, 0.6) is 0 Å². The Bertz CT molecular complexity index is 1240. The summed E-state index contributed by atoms with van der Waals surface area (Å²) in [5, 5.41) is 2.91. The van der Waals surface area contributed by atoms with E-state index in [9.17, 15) is 18.0 Å². The van der Waals surface area contributed by atoms with E-state index in [1.54, 1.807) is 0 Å². The van der Waals surface area contributed by atoms with Crippen molar-refractivity contribution >= 4 is 32.7 Å². The number of sulfonamides is 1. The Morgan fingerprint density at radius 1 is 1.27 bits per heavy atom.